The number of aliphatic carboxylic acids is 1. The first kappa shape index (κ1) is 23.0. The van der Waals surface area contributed by atoms with Gasteiger partial charge in [-0.05, 0) is 34.8 Å². The number of carboxylic acids is 1. The Bertz CT molecular complexity index is 1160. The van der Waals surface area contributed by atoms with Crippen LogP contribution in [0.2, 0.25) is 10.0 Å². The minimum absolute atomic E-state index is 0.00564. The van der Waals surface area contributed by atoms with Crippen LogP contribution < -0.4 is 10.6 Å². The number of halogens is 2. The van der Waals surface area contributed by atoms with Gasteiger partial charge in [0.05, 0.1) is 21.7 Å². The van der Waals surface area contributed by atoms with E-state index in [0.717, 1.165) is 4.68 Å². The highest BCUT2D eigenvalue weighted by Crippen LogP contribution is 2.24. The zero-order valence-electron chi connectivity index (χ0n) is 16.6. The molecule has 0 bridgehead atoms. The number of carbonyl (C=O) groups excluding carboxylic acids is 1. The normalized spacial score (nSPS) is 11.6. The highest BCUT2D eigenvalue weighted by atomic mass is 35.5. The molecule has 0 saturated heterocycles. The number of hydrogen-bond acceptors (Lipinski definition) is 6. The molecule has 3 rings (SSSR count). The molecule has 32 heavy (non-hydrogen) atoms. The Kier molecular flexibility index (Phi) is 6.96. The fourth-order valence-electron chi connectivity index (χ4n) is 2.94. The zero-order valence-corrected chi connectivity index (χ0v) is 18.1. The van der Waals surface area contributed by atoms with Crippen molar-refractivity contribution in [1.29, 1.82) is 0 Å². The molecule has 1 heterocycles. The van der Waals surface area contributed by atoms with E-state index in [0.29, 0.717) is 17.1 Å². The number of benzene rings is 2. The van der Waals surface area contributed by atoms with Crippen molar-refractivity contribution < 1.29 is 19.6 Å². The molecule has 2 aromatic carbocycles. The van der Waals surface area contributed by atoms with Gasteiger partial charge in [0.1, 0.15) is 13.1 Å². The Hall–Kier alpha value is -3.63. The van der Waals surface area contributed by atoms with Crippen molar-refractivity contribution in [2.24, 2.45) is 7.05 Å². The van der Waals surface area contributed by atoms with Crippen molar-refractivity contribution in [2.75, 3.05) is 5.32 Å². The molecule has 166 valence electrons. The summed E-state index contributed by atoms with van der Waals surface area (Å²) in [4.78, 5) is 34.6. The summed E-state index contributed by atoms with van der Waals surface area (Å²) in [5.41, 5.74) is 1.24. The number of aromatic nitrogens is 2. The molecule has 0 aliphatic heterocycles. The van der Waals surface area contributed by atoms with Crippen LogP contribution in [0, 0.1) is 10.1 Å². The van der Waals surface area contributed by atoms with Crippen LogP contribution in [-0.2, 0) is 18.3 Å². The maximum atomic E-state index is 12.5. The number of aryl methyl sites for hydroxylation is 1. The molecule has 1 aromatic heterocycles. The topological polar surface area (TPSA) is 139 Å². The van der Waals surface area contributed by atoms with Crippen LogP contribution in [0.4, 0.5) is 17.3 Å². The van der Waals surface area contributed by atoms with Crippen LogP contribution in [0.1, 0.15) is 15.9 Å². The van der Waals surface area contributed by atoms with E-state index in [1.807, 2.05) is 0 Å². The van der Waals surface area contributed by atoms with Crippen molar-refractivity contribution in [1.82, 2.24) is 15.1 Å². The van der Waals surface area contributed by atoms with Gasteiger partial charge in [-0.2, -0.15) is 0 Å². The molecular formula is C20H17Cl2N5O5. The van der Waals surface area contributed by atoms with Gasteiger partial charge in [0.25, 0.3) is 5.91 Å². The Morgan fingerprint density at radius 3 is 2.34 bits per heavy atom. The number of rotatable bonds is 8. The minimum atomic E-state index is -1.22. The quantitative estimate of drug-likeness (QED) is 0.331. The van der Waals surface area contributed by atoms with Crippen molar-refractivity contribution in [3.63, 3.8) is 0 Å². The lowest BCUT2D eigenvalue weighted by atomic mass is 10.0. The van der Waals surface area contributed by atoms with Crippen LogP contribution in [0.15, 0.2) is 48.5 Å². The molecule has 0 fully saturated rings. The number of nitro groups is 1. The lowest BCUT2D eigenvalue weighted by molar-refractivity contribution is -0.392. The predicted octanol–water partition coefficient (Wildman–Crippen LogP) is 3.80. The average molecular weight is 478 g/mol. The first-order chi connectivity index (χ1) is 15.2. The monoisotopic (exact) mass is 477 g/mol. The lowest BCUT2D eigenvalue weighted by Gasteiger charge is -2.16. The Labute approximate surface area is 191 Å². The van der Waals surface area contributed by atoms with Crippen LogP contribution >= 0.6 is 23.2 Å². The minimum Gasteiger partial charge on any atom is -0.480 e. The molecule has 0 aliphatic carbocycles. The van der Waals surface area contributed by atoms with Gasteiger partial charge in [0.2, 0.25) is 0 Å². The molecule has 1 atom stereocenters. The van der Waals surface area contributed by atoms with E-state index in [2.05, 4.69) is 15.7 Å². The maximum absolute atomic E-state index is 12.5. The smallest absolute Gasteiger partial charge is 0.346 e. The van der Waals surface area contributed by atoms with E-state index in [1.54, 1.807) is 30.3 Å². The molecule has 3 N–H and O–H groups in total. The number of hydrogen-bond donors (Lipinski definition) is 3. The number of amides is 1. The summed E-state index contributed by atoms with van der Waals surface area (Å²) in [7, 11) is 1.46. The molecule has 10 nitrogen and oxygen atoms in total. The van der Waals surface area contributed by atoms with Gasteiger partial charge >= 0.3 is 11.8 Å². The van der Waals surface area contributed by atoms with Gasteiger partial charge in [-0.1, -0.05) is 46.5 Å². The first-order valence-corrected chi connectivity index (χ1v) is 9.93. The summed E-state index contributed by atoms with van der Waals surface area (Å²) >= 11 is 12.0. The highest BCUT2D eigenvalue weighted by molar-refractivity contribution is 6.39. The third kappa shape index (κ3) is 5.34. The summed E-state index contributed by atoms with van der Waals surface area (Å²) in [5, 5.41) is 30.1. The third-order valence-corrected chi connectivity index (χ3v) is 5.13. The molecule has 0 spiro atoms. The maximum Gasteiger partial charge on any atom is 0.346 e. The van der Waals surface area contributed by atoms with Gasteiger partial charge in [-0.3, -0.25) is 4.79 Å². The summed E-state index contributed by atoms with van der Waals surface area (Å²) in [6.45, 7) is 0. The zero-order chi connectivity index (χ0) is 23.4. The van der Waals surface area contributed by atoms with Gasteiger partial charge < -0.3 is 25.9 Å². The Morgan fingerprint density at radius 2 is 1.81 bits per heavy atom. The number of nitrogens with zero attached hydrogens (tertiary/aromatic N) is 3. The highest BCUT2D eigenvalue weighted by Gasteiger charge is 2.24. The third-order valence-electron chi connectivity index (χ3n) is 4.50. The fraction of sp³-hybridized carbons (Fsp3) is 0.150. The molecule has 12 heteroatoms. The summed E-state index contributed by atoms with van der Waals surface area (Å²) in [5.74, 6) is -1.78. The number of anilines is 2. The Balaban J connectivity index is 1.69. The lowest BCUT2D eigenvalue weighted by Crippen LogP contribution is -2.42. The summed E-state index contributed by atoms with van der Waals surface area (Å²) in [6, 6.07) is 11.3. The van der Waals surface area contributed by atoms with E-state index < -0.39 is 22.8 Å². The van der Waals surface area contributed by atoms with E-state index >= 15 is 0 Å². The molecule has 0 unspecified atom stereocenters. The molecule has 3 aromatic rings. The van der Waals surface area contributed by atoms with Crippen LogP contribution in [0.3, 0.4) is 0 Å². The molecule has 0 aliphatic rings. The van der Waals surface area contributed by atoms with Crippen LogP contribution in [0.5, 0.6) is 0 Å². The number of carbonyl (C=O) groups is 2. The first-order valence-electron chi connectivity index (χ1n) is 9.17. The van der Waals surface area contributed by atoms with Crippen molar-refractivity contribution in [3.05, 3.63) is 79.8 Å². The van der Waals surface area contributed by atoms with Crippen LogP contribution in [0.25, 0.3) is 0 Å². The second-order valence-electron chi connectivity index (χ2n) is 6.76. The fourth-order valence-corrected chi connectivity index (χ4v) is 3.51. The standard InChI is InChI=1S/C20H17Cl2N5O5/c1-26-17(27(31)32)10-16(25-26)23-12-7-5-11(6-8-12)9-15(20(29)30)24-19(28)18-13(21)3-2-4-14(18)22/h2-8,10,15H,9H2,1H3,(H,23,25)(H,24,28)(H,29,30)/t15-/m0/s1. The predicted molar refractivity (Wildman–Crippen MR) is 119 cm³/mol. The number of nitrogens with one attached hydrogen (secondary N) is 2. The van der Waals surface area contributed by atoms with Crippen molar-refractivity contribution in [3.8, 4) is 0 Å². The van der Waals surface area contributed by atoms with Gasteiger partial charge in [-0.25, -0.2) is 4.79 Å². The van der Waals surface area contributed by atoms with E-state index in [4.69, 9.17) is 23.2 Å². The summed E-state index contributed by atoms with van der Waals surface area (Å²) in [6.07, 6.45) is 0.0124. The van der Waals surface area contributed by atoms with E-state index in [9.17, 15) is 24.8 Å². The second kappa shape index (κ2) is 9.67. The van der Waals surface area contributed by atoms with Gasteiger partial charge in [-0.15, -0.1) is 4.68 Å². The summed E-state index contributed by atoms with van der Waals surface area (Å²) < 4.78 is 1.14. The Morgan fingerprint density at radius 1 is 1.19 bits per heavy atom. The second-order valence-corrected chi connectivity index (χ2v) is 7.57. The molecular weight excluding hydrogens is 461 g/mol. The SMILES string of the molecule is Cn1nc(Nc2ccc(C[C@H](NC(=O)c3c(Cl)cccc3Cl)C(=O)O)cc2)cc1[N+](=O)[O-]. The van der Waals surface area contributed by atoms with Crippen molar-refractivity contribution in [2.45, 2.75) is 12.5 Å². The van der Waals surface area contributed by atoms with Gasteiger partial charge in [0.15, 0.2) is 5.82 Å². The average Bonchev–Trinajstić information content (AvgIpc) is 3.09. The largest absolute Gasteiger partial charge is 0.480 e. The van der Waals surface area contributed by atoms with Crippen LogP contribution in [-0.4, -0.2) is 37.7 Å². The molecule has 1 amide bonds. The van der Waals surface area contributed by atoms with Crippen molar-refractivity contribution >= 4 is 52.4 Å². The van der Waals surface area contributed by atoms with E-state index in [1.165, 1.54) is 25.2 Å². The molecule has 0 saturated carbocycles. The van der Waals surface area contributed by atoms with E-state index in [-0.39, 0.29) is 27.8 Å². The molecule has 0 radical (unpaired) electrons. The van der Waals surface area contributed by atoms with Gasteiger partial charge in [0, 0.05) is 12.1 Å². The number of carboxylic acid groups (broad SMARTS) is 1.